The van der Waals surface area contributed by atoms with Crippen molar-refractivity contribution in [2.24, 2.45) is 0 Å². The van der Waals surface area contributed by atoms with Crippen LogP contribution < -0.4 is 0 Å². The summed E-state index contributed by atoms with van der Waals surface area (Å²) in [7, 11) is 0. The molecule has 0 unspecified atom stereocenters. The van der Waals surface area contributed by atoms with Gasteiger partial charge in [0.05, 0.1) is 5.52 Å². The molecule has 1 aromatic heterocycles. The first-order chi connectivity index (χ1) is 7.66. The number of hydrogen-bond acceptors (Lipinski definition) is 1. The second-order valence-electron chi connectivity index (χ2n) is 4.39. The van der Waals surface area contributed by atoms with Crippen LogP contribution in [0.2, 0.25) is 0 Å². The summed E-state index contributed by atoms with van der Waals surface area (Å²) >= 11 is 3.33. The maximum Gasteiger partial charge on any atom is 0.152 e. The quantitative estimate of drug-likeness (QED) is 0.718. The van der Waals surface area contributed by atoms with Gasteiger partial charge >= 0.3 is 0 Å². The summed E-state index contributed by atoms with van der Waals surface area (Å²) in [5.74, 6) is 0.782. The van der Waals surface area contributed by atoms with Crippen LogP contribution in [0, 0.1) is 5.82 Å². The SMILES string of the molecule is C[C@@H]1CCCc2nc3c(F)cc(Br)cc3n21. The van der Waals surface area contributed by atoms with Crippen LogP contribution in [-0.4, -0.2) is 9.55 Å². The highest BCUT2D eigenvalue weighted by atomic mass is 79.9. The Morgan fingerprint density at radius 2 is 2.31 bits per heavy atom. The highest BCUT2D eigenvalue weighted by molar-refractivity contribution is 9.10. The number of rotatable bonds is 0. The smallest absolute Gasteiger partial charge is 0.152 e. The van der Waals surface area contributed by atoms with Crippen molar-refractivity contribution in [2.45, 2.75) is 32.2 Å². The molecular formula is C12H12BrFN2. The lowest BCUT2D eigenvalue weighted by molar-refractivity contribution is 0.435. The lowest BCUT2D eigenvalue weighted by Crippen LogP contribution is -2.14. The van der Waals surface area contributed by atoms with Crippen molar-refractivity contribution in [2.75, 3.05) is 0 Å². The van der Waals surface area contributed by atoms with Gasteiger partial charge in [-0.3, -0.25) is 0 Å². The molecule has 0 saturated carbocycles. The third-order valence-electron chi connectivity index (χ3n) is 3.25. The Labute approximate surface area is 102 Å². The molecule has 3 rings (SSSR count). The van der Waals surface area contributed by atoms with Crippen LogP contribution >= 0.6 is 15.9 Å². The molecule has 2 heterocycles. The Balaban J connectivity index is 2.38. The number of benzene rings is 1. The van der Waals surface area contributed by atoms with Crippen molar-refractivity contribution in [1.29, 1.82) is 0 Å². The van der Waals surface area contributed by atoms with Gasteiger partial charge in [-0.25, -0.2) is 9.37 Å². The van der Waals surface area contributed by atoms with E-state index in [1.807, 2.05) is 6.07 Å². The van der Waals surface area contributed by atoms with E-state index in [9.17, 15) is 4.39 Å². The summed E-state index contributed by atoms with van der Waals surface area (Å²) in [4.78, 5) is 4.41. The standard InChI is InChI=1S/C12H12BrFN2/c1-7-3-2-4-11-15-12-9(14)5-8(13)6-10(12)16(7)11/h5-7H,2-4H2,1H3/t7-/m1/s1. The van der Waals surface area contributed by atoms with E-state index in [-0.39, 0.29) is 5.82 Å². The van der Waals surface area contributed by atoms with Crippen molar-refractivity contribution >= 4 is 27.0 Å². The lowest BCUT2D eigenvalue weighted by atomic mass is 10.1. The number of halogens is 2. The first-order valence-corrected chi connectivity index (χ1v) is 6.32. The van der Waals surface area contributed by atoms with Crippen LogP contribution in [0.15, 0.2) is 16.6 Å². The highest BCUT2D eigenvalue weighted by Crippen LogP contribution is 2.32. The van der Waals surface area contributed by atoms with Crippen LogP contribution in [0.1, 0.15) is 31.6 Å². The molecular weight excluding hydrogens is 271 g/mol. The predicted molar refractivity (Wildman–Crippen MR) is 65.0 cm³/mol. The number of aryl methyl sites for hydroxylation is 1. The van der Waals surface area contributed by atoms with Gasteiger partial charge in [-0.2, -0.15) is 0 Å². The average Bonchev–Trinajstić information content (AvgIpc) is 2.58. The second kappa shape index (κ2) is 3.55. The van der Waals surface area contributed by atoms with Gasteiger partial charge in [0.2, 0.25) is 0 Å². The van der Waals surface area contributed by atoms with Crippen LogP contribution in [0.3, 0.4) is 0 Å². The summed E-state index contributed by atoms with van der Waals surface area (Å²) < 4.78 is 16.7. The van der Waals surface area contributed by atoms with Crippen molar-refractivity contribution in [1.82, 2.24) is 9.55 Å². The van der Waals surface area contributed by atoms with E-state index >= 15 is 0 Å². The number of nitrogens with zero attached hydrogens (tertiary/aromatic N) is 2. The summed E-state index contributed by atoms with van der Waals surface area (Å²) in [5.41, 5.74) is 1.42. The zero-order valence-electron chi connectivity index (χ0n) is 9.00. The first kappa shape index (κ1) is 10.3. The predicted octanol–water partition coefficient (Wildman–Crippen LogP) is 3.84. The minimum atomic E-state index is -0.238. The molecule has 0 saturated heterocycles. The molecule has 0 N–H and O–H groups in total. The molecule has 0 radical (unpaired) electrons. The van der Waals surface area contributed by atoms with Crippen molar-refractivity contribution in [3.63, 3.8) is 0 Å². The van der Waals surface area contributed by atoms with Crippen molar-refractivity contribution < 1.29 is 4.39 Å². The Kier molecular flexibility index (Phi) is 2.28. The molecule has 4 heteroatoms. The van der Waals surface area contributed by atoms with Gasteiger partial charge in [0, 0.05) is 16.9 Å². The van der Waals surface area contributed by atoms with Crippen LogP contribution in [-0.2, 0) is 6.42 Å². The largest absolute Gasteiger partial charge is 0.325 e. The molecule has 2 nitrogen and oxygen atoms in total. The molecule has 1 aromatic carbocycles. The fraction of sp³-hybridized carbons (Fsp3) is 0.417. The van der Waals surface area contributed by atoms with Gasteiger partial charge in [-0.1, -0.05) is 15.9 Å². The van der Waals surface area contributed by atoms with E-state index in [4.69, 9.17) is 0 Å². The number of aromatic nitrogens is 2. The van der Waals surface area contributed by atoms with E-state index in [0.29, 0.717) is 11.6 Å². The average molecular weight is 283 g/mol. The van der Waals surface area contributed by atoms with E-state index in [1.165, 1.54) is 6.07 Å². The van der Waals surface area contributed by atoms with E-state index < -0.39 is 0 Å². The monoisotopic (exact) mass is 282 g/mol. The van der Waals surface area contributed by atoms with Crippen molar-refractivity contribution in [3.8, 4) is 0 Å². The van der Waals surface area contributed by atoms with Gasteiger partial charge in [0.15, 0.2) is 5.82 Å². The van der Waals surface area contributed by atoms with Gasteiger partial charge in [-0.15, -0.1) is 0 Å². The second-order valence-corrected chi connectivity index (χ2v) is 5.31. The summed E-state index contributed by atoms with van der Waals surface area (Å²) in [6.07, 6.45) is 3.25. The van der Waals surface area contributed by atoms with Crippen molar-refractivity contribution in [3.05, 3.63) is 28.2 Å². The minimum Gasteiger partial charge on any atom is -0.325 e. The van der Waals surface area contributed by atoms with Crippen LogP contribution in [0.4, 0.5) is 4.39 Å². The van der Waals surface area contributed by atoms with E-state index in [0.717, 1.165) is 35.1 Å². The Hall–Kier alpha value is -0.900. The highest BCUT2D eigenvalue weighted by Gasteiger charge is 2.21. The maximum atomic E-state index is 13.8. The van der Waals surface area contributed by atoms with Gasteiger partial charge < -0.3 is 4.57 Å². The summed E-state index contributed by atoms with van der Waals surface area (Å²) in [5, 5.41) is 0. The van der Waals surface area contributed by atoms with Gasteiger partial charge in [0.25, 0.3) is 0 Å². The van der Waals surface area contributed by atoms with Gasteiger partial charge in [0.1, 0.15) is 11.3 Å². The molecule has 84 valence electrons. The topological polar surface area (TPSA) is 17.8 Å². The lowest BCUT2D eigenvalue weighted by Gasteiger charge is -2.22. The molecule has 1 aliphatic rings. The molecule has 0 aliphatic carbocycles. The van der Waals surface area contributed by atoms with Crippen LogP contribution in [0.5, 0.6) is 0 Å². The van der Waals surface area contributed by atoms with Crippen LogP contribution in [0.25, 0.3) is 11.0 Å². The Morgan fingerprint density at radius 1 is 1.50 bits per heavy atom. The van der Waals surface area contributed by atoms with E-state index in [1.54, 1.807) is 0 Å². The number of fused-ring (bicyclic) bond motifs is 3. The summed E-state index contributed by atoms with van der Waals surface area (Å²) in [6.45, 7) is 2.17. The fourth-order valence-corrected chi connectivity index (χ4v) is 2.94. The third kappa shape index (κ3) is 1.39. The first-order valence-electron chi connectivity index (χ1n) is 5.52. The molecule has 2 aromatic rings. The normalized spacial score (nSPS) is 20.1. The Morgan fingerprint density at radius 3 is 3.12 bits per heavy atom. The zero-order chi connectivity index (χ0) is 11.3. The molecule has 1 aliphatic heterocycles. The fourth-order valence-electron chi connectivity index (χ4n) is 2.52. The zero-order valence-corrected chi connectivity index (χ0v) is 10.6. The van der Waals surface area contributed by atoms with E-state index in [2.05, 4.69) is 32.4 Å². The number of hydrogen-bond donors (Lipinski definition) is 0. The molecule has 0 spiro atoms. The summed E-state index contributed by atoms with van der Waals surface area (Å²) in [6, 6.07) is 3.85. The molecule has 0 fully saturated rings. The molecule has 1 atom stereocenters. The number of imidazole rings is 1. The molecule has 16 heavy (non-hydrogen) atoms. The Bertz CT molecular complexity index is 562. The molecule has 0 bridgehead atoms. The molecule has 0 amide bonds. The third-order valence-corrected chi connectivity index (χ3v) is 3.71. The maximum absolute atomic E-state index is 13.8. The minimum absolute atomic E-state index is 0.238. The van der Waals surface area contributed by atoms with Gasteiger partial charge in [-0.05, 0) is 31.9 Å².